The number of fused-ring (bicyclic) bond motifs is 1. The van der Waals surface area contributed by atoms with Gasteiger partial charge < -0.3 is 10.6 Å². The van der Waals surface area contributed by atoms with Crippen molar-refractivity contribution in [2.75, 3.05) is 12.4 Å². The van der Waals surface area contributed by atoms with Crippen LogP contribution in [0, 0.1) is 11.3 Å². The Labute approximate surface area is 171 Å². The van der Waals surface area contributed by atoms with Gasteiger partial charge in [-0.25, -0.2) is 9.97 Å². The second-order valence-electron chi connectivity index (χ2n) is 7.53. The SMILES string of the molecule is CNc1ncc([C@@H](n2ncc3cc(C#N)ccc32)C(C)(C)NC(=O)C(C)(F)F)cn1. The number of benzene rings is 1. The molecule has 0 bridgehead atoms. The number of amides is 1. The molecule has 2 heterocycles. The zero-order valence-corrected chi connectivity index (χ0v) is 16.9. The third-order valence-corrected chi connectivity index (χ3v) is 4.70. The van der Waals surface area contributed by atoms with E-state index in [1.54, 1.807) is 62.4 Å². The van der Waals surface area contributed by atoms with Crippen LogP contribution in [0.3, 0.4) is 0 Å². The predicted octanol–water partition coefficient (Wildman–Crippen LogP) is 2.88. The molecule has 1 atom stereocenters. The fourth-order valence-corrected chi connectivity index (χ4v) is 3.27. The lowest BCUT2D eigenvalue weighted by molar-refractivity contribution is -0.145. The lowest BCUT2D eigenvalue weighted by Gasteiger charge is -2.36. The largest absolute Gasteiger partial charge is 0.357 e. The number of aromatic nitrogens is 4. The fraction of sp³-hybridized carbons (Fsp3) is 0.350. The van der Waals surface area contributed by atoms with Gasteiger partial charge in [-0.05, 0) is 32.0 Å². The molecule has 0 aliphatic heterocycles. The number of nitriles is 1. The summed E-state index contributed by atoms with van der Waals surface area (Å²) in [7, 11) is 1.67. The van der Waals surface area contributed by atoms with Gasteiger partial charge in [0.1, 0.15) is 6.04 Å². The molecule has 1 aromatic carbocycles. The van der Waals surface area contributed by atoms with Crippen LogP contribution in [0.2, 0.25) is 0 Å². The number of hydrogen-bond donors (Lipinski definition) is 2. The standard InChI is InChI=1S/C20H21F2N7O/c1-19(2,28-17(30)20(3,21)22)16(14-9-25-18(24-4)26-10-14)29-15-6-5-12(8-23)7-13(15)11-27-29/h5-7,9-11,16H,1-4H3,(H,28,30)(H,24,25,26)/t16-/m1/s1. The number of carbonyl (C=O) groups is 1. The summed E-state index contributed by atoms with van der Waals surface area (Å²) in [5.74, 6) is -4.54. The molecule has 0 saturated carbocycles. The molecule has 0 aliphatic carbocycles. The first-order valence-electron chi connectivity index (χ1n) is 9.14. The van der Waals surface area contributed by atoms with E-state index < -0.39 is 23.4 Å². The van der Waals surface area contributed by atoms with Gasteiger partial charge in [0.25, 0.3) is 5.91 Å². The van der Waals surface area contributed by atoms with E-state index >= 15 is 0 Å². The average molecular weight is 413 g/mol. The molecule has 1 amide bonds. The summed E-state index contributed by atoms with van der Waals surface area (Å²) in [6.07, 6.45) is 4.69. The van der Waals surface area contributed by atoms with E-state index in [4.69, 9.17) is 5.26 Å². The van der Waals surface area contributed by atoms with E-state index in [9.17, 15) is 13.6 Å². The molecule has 0 spiro atoms. The van der Waals surface area contributed by atoms with E-state index in [0.717, 1.165) is 0 Å². The maximum Gasteiger partial charge on any atom is 0.321 e. The van der Waals surface area contributed by atoms with Crippen LogP contribution in [0.4, 0.5) is 14.7 Å². The van der Waals surface area contributed by atoms with Gasteiger partial charge in [-0.2, -0.15) is 19.1 Å². The maximum absolute atomic E-state index is 13.6. The topological polar surface area (TPSA) is 109 Å². The molecule has 30 heavy (non-hydrogen) atoms. The molecule has 10 heteroatoms. The molecule has 8 nitrogen and oxygen atoms in total. The van der Waals surface area contributed by atoms with Gasteiger partial charge in [-0.1, -0.05) is 0 Å². The summed E-state index contributed by atoms with van der Waals surface area (Å²) in [5, 5.41) is 19.5. The summed E-state index contributed by atoms with van der Waals surface area (Å²) in [6.45, 7) is 3.81. The van der Waals surface area contributed by atoms with Crippen molar-refractivity contribution in [2.24, 2.45) is 0 Å². The highest BCUT2D eigenvalue weighted by Crippen LogP contribution is 2.33. The zero-order valence-electron chi connectivity index (χ0n) is 16.9. The first-order chi connectivity index (χ1) is 14.1. The average Bonchev–Trinajstić information content (AvgIpc) is 3.10. The number of alkyl halides is 2. The molecule has 3 rings (SSSR count). The normalized spacial score (nSPS) is 13.0. The molecular formula is C20H21F2N7O. The van der Waals surface area contributed by atoms with Crippen molar-refractivity contribution in [1.82, 2.24) is 25.1 Å². The van der Waals surface area contributed by atoms with Gasteiger partial charge in [0.15, 0.2) is 0 Å². The Balaban J connectivity index is 2.15. The Bertz CT molecular complexity index is 1110. The van der Waals surface area contributed by atoms with E-state index in [-0.39, 0.29) is 0 Å². The van der Waals surface area contributed by atoms with E-state index in [1.807, 2.05) is 0 Å². The molecule has 156 valence electrons. The first kappa shape index (κ1) is 21.1. The van der Waals surface area contributed by atoms with Gasteiger partial charge in [0.2, 0.25) is 5.95 Å². The minimum atomic E-state index is -3.54. The van der Waals surface area contributed by atoms with Crippen molar-refractivity contribution in [3.05, 3.63) is 47.9 Å². The van der Waals surface area contributed by atoms with Crippen LogP contribution in [-0.2, 0) is 4.79 Å². The van der Waals surface area contributed by atoms with E-state index in [0.29, 0.717) is 34.9 Å². The Morgan fingerprint density at radius 3 is 2.43 bits per heavy atom. The van der Waals surface area contributed by atoms with Gasteiger partial charge in [-0.3, -0.25) is 9.48 Å². The van der Waals surface area contributed by atoms with Gasteiger partial charge in [-0.15, -0.1) is 0 Å². The number of hydrogen-bond acceptors (Lipinski definition) is 6. The summed E-state index contributed by atoms with van der Waals surface area (Å²) >= 11 is 0. The Hall–Kier alpha value is -3.61. The van der Waals surface area contributed by atoms with E-state index in [1.165, 1.54) is 0 Å². The molecular weight excluding hydrogens is 392 g/mol. The predicted molar refractivity (Wildman–Crippen MR) is 107 cm³/mol. The van der Waals surface area contributed by atoms with Crippen LogP contribution >= 0.6 is 0 Å². The van der Waals surface area contributed by atoms with E-state index in [2.05, 4.69) is 31.8 Å². The molecule has 0 unspecified atom stereocenters. The van der Waals surface area contributed by atoms with Crippen LogP contribution in [0.15, 0.2) is 36.8 Å². The number of nitrogens with zero attached hydrogens (tertiary/aromatic N) is 5. The Morgan fingerprint density at radius 2 is 1.87 bits per heavy atom. The summed E-state index contributed by atoms with van der Waals surface area (Å²) in [4.78, 5) is 20.5. The van der Waals surface area contributed by atoms with Crippen molar-refractivity contribution < 1.29 is 13.6 Å². The second kappa shape index (κ2) is 7.67. The maximum atomic E-state index is 13.6. The quantitative estimate of drug-likeness (QED) is 0.643. The molecule has 2 N–H and O–H groups in total. The summed E-state index contributed by atoms with van der Waals surface area (Å²) in [5.41, 5.74) is 0.516. The van der Waals surface area contributed by atoms with Crippen LogP contribution in [0.1, 0.15) is 37.9 Å². The smallest absolute Gasteiger partial charge is 0.321 e. The van der Waals surface area contributed by atoms with Gasteiger partial charge >= 0.3 is 5.92 Å². The van der Waals surface area contributed by atoms with Crippen molar-refractivity contribution in [1.29, 1.82) is 5.26 Å². The molecule has 0 saturated heterocycles. The number of rotatable bonds is 6. The van der Waals surface area contributed by atoms with Crippen molar-refractivity contribution >= 4 is 22.8 Å². The van der Waals surface area contributed by atoms with Gasteiger partial charge in [0, 0.05) is 37.3 Å². The van der Waals surface area contributed by atoms with Crippen LogP contribution in [-0.4, -0.2) is 44.2 Å². The second-order valence-corrected chi connectivity index (χ2v) is 7.53. The molecule has 2 aromatic heterocycles. The number of nitrogens with one attached hydrogen (secondary N) is 2. The highest BCUT2D eigenvalue weighted by Gasteiger charge is 2.41. The van der Waals surface area contributed by atoms with Crippen molar-refractivity contribution in [2.45, 2.75) is 38.3 Å². The van der Waals surface area contributed by atoms with Gasteiger partial charge in [0.05, 0.1) is 28.9 Å². The Kier molecular flexibility index (Phi) is 5.39. The molecule has 3 aromatic rings. The molecule has 0 aliphatic rings. The monoisotopic (exact) mass is 413 g/mol. The number of anilines is 1. The summed E-state index contributed by atoms with van der Waals surface area (Å²) in [6, 6.07) is 6.41. The fourth-order valence-electron chi connectivity index (χ4n) is 3.27. The minimum Gasteiger partial charge on any atom is -0.357 e. The summed E-state index contributed by atoms with van der Waals surface area (Å²) < 4.78 is 28.8. The zero-order chi connectivity index (χ0) is 22.1. The third kappa shape index (κ3) is 4.05. The lowest BCUT2D eigenvalue weighted by Crippen LogP contribution is -2.54. The first-order valence-corrected chi connectivity index (χ1v) is 9.14. The number of carbonyl (C=O) groups excluding carboxylic acids is 1. The van der Waals surface area contributed by atoms with Crippen LogP contribution in [0.25, 0.3) is 10.9 Å². The Morgan fingerprint density at radius 1 is 1.20 bits per heavy atom. The molecule has 0 fully saturated rings. The van der Waals surface area contributed by atoms with Crippen molar-refractivity contribution in [3.8, 4) is 6.07 Å². The highest BCUT2D eigenvalue weighted by atomic mass is 19.3. The lowest BCUT2D eigenvalue weighted by atomic mass is 9.89. The number of halogens is 2. The molecule has 0 radical (unpaired) electrons. The third-order valence-electron chi connectivity index (χ3n) is 4.70. The van der Waals surface area contributed by atoms with Crippen molar-refractivity contribution in [3.63, 3.8) is 0 Å². The highest BCUT2D eigenvalue weighted by molar-refractivity contribution is 5.84. The van der Waals surface area contributed by atoms with Crippen LogP contribution in [0.5, 0.6) is 0 Å². The minimum absolute atomic E-state index is 0.392. The van der Waals surface area contributed by atoms with Crippen LogP contribution < -0.4 is 10.6 Å².